The zero-order valence-electron chi connectivity index (χ0n) is 21.2. The molecular weight excluding hydrogens is 446 g/mol. The second-order valence-corrected chi connectivity index (χ2v) is 9.84. The van der Waals surface area contributed by atoms with Gasteiger partial charge in [-0.25, -0.2) is 0 Å². The fraction of sp³-hybridized carbons (Fsp3) is 0.250. The van der Waals surface area contributed by atoms with E-state index in [1.54, 1.807) is 4.57 Å². The highest BCUT2D eigenvalue weighted by atomic mass is 16.4. The van der Waals surface area contributed by atoms with Crippen molar-refractivity contribution in [2.75, 3.05) is 0 Å². The molecule has 0 amide bonds. The number of carboxylic acids is 1. The van der Waals surface area contributed by atoms with Crippen molar-refractivity contribution in [3.63, 3.8) is 0 Å². The molecule has 0 aliphatic carbocycles. The maximum absolute atomic E-state index is 13.4. The van der Waals surface area contributed by atoms with E-state index in [1.807, 2.05) is 54.7 Å². The third-order valence-electron chi connectivity index (χ3n) is 6.44. The van der Waals surface area contributed by atoms with Gasteiger partial charge in [0.1, 0.15) is 0 Å². The van der Waals surface area contributed by atoms with Crippen LogP contribution < -0.4 is 0 Å². The minimum atomic E-state index is -0.803. The summed E-state index contributed by atoms with van der Waals surface area (Å²) in [5.74, 6) is -0.257. The van der Waals surface area contributed by atoms with Crippen molar-refractivity contribution in [1.82, 2.24) is 4.57 Å². The van der Waals surface area contributed by atoms with Crippen LogP contribution in [0.5, 0.6) is 0 Å². The van der Waals surface area contributed by atoms with Gasteiger partial charge in [-0.15, -0.1) is 0 Å². The first-order chi connectivity index (χ1) is 17.3. The van der Waals surface area contributed by atoms with Crippen LogP contribution in [0.2, 0.25) is 0 Å². The van der Waals surface area contributed by atoms with Crippen molar-refractivity contribution in [2.45, 2.75) is 46.5 Å². The van der Waals surface area contributed by atoms with Crippen LogP contribution in [0.4, 0.5) is 0 Å². The number of aryl methyl sites for hydroxylation is 1. The molecule has 0 atom stereocenters. The van der Waals surface area contributed by atoms with Crippen molar-refractivity contribution in [2.24, 2.45) is 5.92 Å². The number of fused-ring (bicyclic) bond motifs is 1. The van der Waals surface area contributed by atoms with Crippen LogP contribution in [0.25, 0.3) is 22.6 Å². The Kier molecular flexibility index (Phi) is 7.84. The van der Waals surface area contributed by atoms with E-state index in [2.05, 4.69) is 51.1 Å². The van der Waals surface area contributed by atoms with Gasteiger partial charge in [-0.2, -0.15) is 0 Å². The number of nitrogens with zero attached hydrogens (tertiary/aromatic N) is 1. The number of hydrogen-bond donors (Lipinski definition) is 1. The van der Waals surface area contributed by atoms with Crippen molar-refractivity contribution >= 4 is 34.4 Å². The molecule has 4 aromatic rings. The standard InChI is InChI=1S/C32H33NO3/c1-22(2)19-24-11-15-26(16-12-24)23(3)20-25-13-17-27(18-14-25)32(36)33-21-28(7-6-10-31(34)35)29-8-4-5-9-30(29)33/h4-5,8-9,11-18,20-22H,6-7,10,19H2,1-3H3,(H,34,35)/b23-20+. The van der Waals surface area contributed by atoms with Gasteiger partial charge >= 0.3 is 5.97 Å². The molecular formula is C32H33NO3. The lowest BCUT2D eigenvalue weighted by molar-refractivity contribution is -0.137. The summed E-state index contributed by atoms with van der Waals surface area (Å²) in [6.45, 7) is 6.57. The summed E-state index contributed by atoms with van der Waals surface area (Å²) in [5.41, 5.74) is 7.21. The number of carboxylic acid groups (broad SMARTS) is 1. The predicted molar refractivity (Wildman–Crippen MR) is 147 cm³/mol. The first-order valence-electron chi connectivity index (χ1n) is 12.5. The molecule has 4 nitrogen and oxygen atoms in total. The summed E-state index contributed by atoms with van der Waals surface area (Å²) >= 11 is 0. The average molecular weight is 480 g/mol. The van der Waals surface area contributed by atoms with E-state index in [9.17, 15) is 9.59 Å². The highest BCUT2D eigenvalue weighted by molar-refractivity contribution is 6.03. The summed E-state index contributed by atoms with van der Waals surface area (Å²) in [5, 5.41) is 9.96. The molecule has 1 heterocycles. The monoisotopic (exact) mass is 479 g/mol. The molecule has 1 aromatic heterocycles. The van der Waals surface area contributed by atoms with E-state index in [1.165, 1.54) is 16.7 Å². The number of rotatable bonds is 9. The van der Waals surface area contributed by atoms with Crippen molar-refractivity contribution in [3.05, 3.63) is 107 Å². The van der Waals surface area contributed by atoms with Crippen LogP contribution in [-0.4, -0.2) is 21.6 Å². The molecule has 36 heavy (non-hydrogen) atoms. The van der Waals surface area contributed by atoms with Crippen LogP contribution >= 0.6 is 0 Å². The Morgan fingerprint density at radius 1 is 0.917 bits per heavy atom. The molecule has 0 bridgehead atoms. The number of carbonyl (C=O) groups excluding carboxylic acids is 1. The number of hydrogen-bond acceptors (Lipinski definition) is 2. The largest absolute Gasteiger partial charge is 0.481 e. The van der Waals surface area contributed by atoms with Crippen LogP contribution in [0.1, 0.15) is 66.2 Å². The van der Waals surface area contributed by atoms with Gasteiger partial charge in [0.2, 0.25) is 0 Å². The van der Waals surface area contributed by atoms with Gasteiger partial charge in [0.05, 0.1) is 5.52 Å². The molecule has 0 aliphatic heterocycles. The number of aliphatic carboxylic acids is 1. The fourth-order valence-corrected chi connectivity index (χ4v) is 4.62. The quantitative estimate of drug-likeness (QED) is 0.253. The molecule has 0 radical (unpaired) electrons. The zero-order valence-corrected chi connectivity index (χ0v) is 21.2. The molecule has 0 saturated heterocycles. The maximum Gasteiger partial charge on any atom is 0.303 e. The summed E-state index contributed by atoms with van der Waals surface area (Å²) < 4.78 is 1.68. The van der Waals surface area contributed by atoms with E-state index in [0.717, 1.165) is 28.5 Å². The fourth-order valence-electron chi connectivity index (χ4n) is 4.62. The molecule has 0 aliphatic rings. The van der Waals surface area contributed by atoms with Gasteiger partial charge in [-0.1, -0.05) is 74.5 Å². The predicted octanol–water partition coefficient (Wildman–Crippen LogP) is 7.50. The highest BCUT2D eigenvalue weighted by Gasteiger charge is 2.15. The first-order valence-corrected chi connectivity index (χ1v) is 12.5. The molecule has 1 N–H and O–H groups in total. The lowest BCUT2D eigenvalue weighted by atomic mass is 9.98. The molecule has 0 saturated carbocycles. The van der Waals surface area contributed by atoms with Gasteiger partial charge in [-0.05, 0) is 78.1 Å². The molecule has 0 fully saturated rings. The Morgan fingerprint density at radius 3 is 2.25 bits per heavy atom. The van der Waals surface area contributed by atoms with Crippen molar-refractivity contribution in [3.8, 4) is 0 Å². The van der Waals surface area contributed by atoms with Crippen molar-refractivity contribution < 1.29 is 14.7 Å². The number of aromatic nitrogens is 1. The molecule has 0 unspecified atom stereocenters. The second kappa shape index (κ2) is 11.2. The first kappa shape index (κ1) is 25.2. The van der Waals surface area contributed by atoms with Gasteiger partial charge in [0, 0.05) is 23.6 Å². The number of carbonyl (C=O) groups is 2. The van der Waals surface area contributed by atoms with Gasteiger partial charge in [0.25, 0.3) is 5.91 Å². The Hall–Kier alpha value is -3.92. The molecule has 3 aromatic carbocycles. The smallest absolute Gasteiger partial charge is 0.303 e. The van der Waals surface area contributed by atoms with E-state index < -0.39 is 5.97 Å². The van der Waals surface area contributed by atoms with E-state index in [4.69, 9.17) is 5.11 Å². The second-order valence-electron chi connectivity index (χ2n) is 9.84. The number of para-hydroxylation sites is 1. The lowest BCUT2D eigenvalue weighted by Gasteiger charge is -2.08. The van der Waals surface area contributed by atoms with Crippen LogP contribution in [0, 0.1) is 5.92 Å². The Balaban J connectivity index is 1.52. The average Bonchev–Trinajstić information content (AvgIpc) is 3.22. The third-order valence-corrected chi connectivity index (χ3v) is 6.44. The van der Waals surface area contributed by atoms with Gasteiger partial charge in [0.15, 0.2) is 0 Å². The van der Waals surface area contributed by atoms with Crippen LogP contribution in [-0.2, 0) is 17.6 Å². The lowest BCUT2D eigenvalue weighted by Crippen LogP contribution is -2.10. The van der Waals surface area contributed by atoms with E-state index in [-0.39, 0.29) is 12.3 Å². The zero-order chi connectivity index (χ0) is 25.7. The topological polar surface area (TPSA) is 59.3 Å². The summed E-state index contributed by atoms with van der Waals surface area (Å²) in [7, 11) is 0. The number of benzene rings is 3. The van der Waals surface area contributed by atoms with E-state index in [0.29, 0.717) is 24.3 Å². The van der Waals surface area contributed by atoms with Gasteiger partial charge in [-0.3, -0.25) is 14.2 Å². The van der Waals surface area contributed by atoms with E-state index >= 15 is 0 Å². The molecule has 4 rings (SSSR count). The summed E-state index contributed by atoms with van der Waals surface area (Å²) in [6.07, 6.45) is 6.35. The normalized spacial score (nSPS) is 11.8. The van der Waals surface area contributed by atoms with Crippen LogP contribution in [0.15, 0.2) is 79.0 Å². The van der Waals surface area contributed by atoms with Crippen molar-refractivity contribution in [1.29, 1.82) is 0 Å². The molecule has 4 heteroatoms. The minimum Gasteiger partial charge on any atom is -0.481 e. The SMILES string of the molecule is C/C(=C\c1ccc(C(=O)n2cc(CCCC(=O)O)c3ccccc32)cc1)c1ccc(CC(C)C)cc1. The Morgan fingerprint density at radius 2 is 1.58 bits per heavy atom. The summed E-state index contributed by atoms with van der Waals surface area (Å²) in [4.78, 5) is 24.3. The van der Waals surface area contributed by atoms with Crippen LogP contribution in [0.3, 0.4) is 0 Å². The Labute approximate surface area is 212 Å². The molecule has 0 spiro atoms. The maximum atomic E-state index is 13.4. The van der Waals surface area contributed by atoms with Gasteiger partial charge < -0.3 is 5.11 Å². The highest BCUT2D eigenvalue weighted by Crippen LogP contribution is 2.25. The number of allylic oxidation sites excluding steroid dienone is 1. The minimum absolute atomic E-state index is 0.0938. The Bertz CT molecular complexity index is 1390. The molecule has 184 valence electrons. The third kappa shape index (κ3) is 6.01. The summed E-state index contributed by atoms with van der Waals surface area (Å²) in [6, 6.07) is 24.2.